The highest BCUT2D eigenvalue weighted by atomic mass is 16.5. The lowest BCUT2D eigenvalue weighted by molar-refractivity contribution is -0.131. The zero-order chi connectivity index (χ0) is 13.7. The van der Waals surface area contributed by atoms with Gasteiger partial charge in [-0.25, -0.2) is 4.79 Å². The van der Waals surface area contributed by atoms with Gasteiger partial charge in [-0.15, -0.1) is 0 Å². The highest BCUT2D eigenvalue weighted by Gasteiger charge is 2.34. The molecule has 0 atom stereocenters. The predicted molar refractivity (Wildman–Crippen MR) is 64.5 cm³/mol. The van der Waals surface area contributed by atoms with E-state index >= 15 is 0 Å². The van der Waals surface area contributed by atoms with Gasteiger partial charge in [-0.1, -0.05) is 20.8 Å². The van der Waals surface area contributed by atoms with Crippen LogP contribution in [0.5, 0.6) is 0 Å². The Morgan fingerprint density at radius 1 is 1.24 bits per heavy atom. The van der Waals surface area contributed by atoms with Gasteiger partial charge in [0.1, 0.15) is 0 Å². The van der Waals surface area contributed by atoms with Gasteiger partial charge in [0, 0.05) is 5.41 Å². The van der Waals surface area contributed by atoms with Crippen LogP contribution in [0.2, 0.25) is 0 Å². The first-order valence-electron chi connectivity index (χ1n) is 5.79. The smallest absolute Gasteiger partial charge is 0.413 e. The van der Waals surface area contributed by atoms with E-state index in [1.165, 1.54) is 0 Å². The number of nitrogens with one attached hydrogen (secondary N) is 1. The molecule has 17 heavy (non-hydrogen) atoms. The number of amides is 2. The summed E-state index contributed by atoms with van der Waals surface area (Å²) in [5, 5.41) is 11.8. The van der Waals surface area contributed by atoms with E-state index in [1.54, 1.807) is 27.7 Å². The number of rotatable bonds is 5. The van der Waals surface area contributed by atoms with E-state index < -0.39 is 23.0 Å². The molecule has 5 heteroatoms. The Kier molecular flexibility index (Phi) is 5.61. The average Bonchev–Trinajstić information content (AvgIpc) is 2.10. The lowest BCUT2D eigenvalue weighted by Crippen LogP contribution is -2.44. The minimum atomic E-state index is -0.964. The maximum Gasteiger partial charge on any atom is 0.413 e. The van der Waals surface area contributed by atoms with Crippen LogP contribution in [0, 0.1) is 5.41 Å². The molecule has 0 aliphatic carbocycles. The standard InChI is InChI=1S/C12H23NO4/c1-6-7-17-10(15)13-9(14)11(2,3)8-12(4,5)16/h16H,6-8H2,1-5H3,(H,13,14,15). The molecule has 0 bridgehead atoms. The summed E-state index contributed by atoms with van der Waals surface area (Å²) in [6.07, 6.45) is 0.224. The lowest BCUT2D eigenvalue weighted by atomic mass is 9.81. The van der Waals surface area contributed by atoms with E-state index in [0.29, 0.717) is 6.42 Å². The van der Waals surface area contributed by atoms with Crippen molar-refractivity contribution in [1.29, 1.82) is 0 Å². The third kappa shape index (κ3) is 6.94. The Hall–Kier alpha value is -1.10. The van der Waals surface area contributed by atoms with E-state index in [-0.39, 0.29) is 13.0 Å². The zero-order valence-corrected chi connectivity index (χ0v) is 11.3. The maximum absolute atomic E-state index is 11.8. The van der Waals surface area contributed by atoms with Gasteiger partial charge in [0.15, 0.2) is 0 Å². The second-order valence-corrected chi connectivity index (χ2v) is 5.46. The zero-order valence-electron chi connectivity index (χ0n) is 11.3. The van der Waals surface area contributed by atoms with Gasteiger partial charge in [0.05, 0.1) is 12.2 Å². The summed E-state index contributed by atoms with van der Waals surface area (Å²) in [6.45, 7) is 8.74. The van der Waals surface area contributed by atoms with E-state index in [1.807, 2.05) is 6.92 Å². The summed E-state index contributed by atoms with van der Waals surface area (Å²) in [7, 11) is 0. The average molecular weight is 245 g/mol. The van der Waals surface area contributed by atoms with Gasteiger partial charge in [-0.3, -0.25) is 10.1 Å². The van der Waals surface area contributed by atoms with Crippen LogP contribution in [-0.2, 0) is 9.53 Å². The molecule has 2 amide bonds. The van der Waals surface area contributed by atoms with Crippen molar-refractivity contribution in [2.75, 3.05) is 6.61 Å². The van der Waals surface area contributed by atoms with E-state index in [0.717, 1.165) is 0 Å². The predicted octanol–water partition coefficient (Wildman–Crippen LogP) is 1.84. The van der Waals surface area contributed by atoms with Gasteiger partial charge in [0.25, 0.3) is 0 Å². The molecular formula is C12H23NO4. The molecule has 0 heterocycles. The molecule has 0 aliphatic rings. The molecule has 5 nitrogen and oxygen atoms in total. The summed E-state index contributed by atoms with van der Waals surface area (Å²) in [4.78, 5) is 23.0. The normalized spacial score (nSPS) is 12.1. The molecule has 0 rings (SSSR count). The molecule has 0 aliphatic heterocycles. The quantitative estimate of drug-likeness (QED) is 0.775. The molecule has 2 N–H and O–H groups in total. The van der Waals surface area contributed by atoms with Crippen molar-refractivity contribution < 1.29 is 19.4 Å². The Balaban J connectivity index is 4.34. The monoisotopic (exact) mass is 245 g/mol. The molecule has 0 aromatic rings. The van der Waals surface area contributed by atoms with Crippen LogP contribution in [0.15, 0.2) is 0 Å². The second kappa shape index (κ2) is 6.00. The van der Waals surface area contributed by atoms with Crippen molar-refractivity contribution in [2.45, 2.75) is 53.1 Å². The molecule has 0 radical (unpaired) electrons. The van der Waals surface area contributed by atoms with Crippen LogP contribution in [0.3, 0.4) is 0 Å². The highest BCUT2D eigenvalue weighted by molar-refractivity contribution is 5.94. The van der Waals surface area contributed by atoms with Crippen molar-refractivity contribution in [3.8, 4) is 0 Å². The van der Waals surface area contributed by atoms with Crippen molar-refractivity contribution in [2.24, 2.45) is 5.41 Å². The van der Waals surface area contributed by atoms with Crippen LogP contribution in [0.1, 0.15) is 47.5 Å². The molecular weight excluding hydrogens is 222 g/mol. The van der Waals surface area contributed by atoms with Crippen molar-refractivity contribution in [3.63, 3.8) is 0 Å². The first-order chi connectivity index (χ1) is 7.58. The van der Waals surface area contributed by atoms with E-state index in [2.05, 4.69) is 5.32 Å². The third-order valence-electron chi connectivity index (χ3n) is 2.14. The fourth-order valence-electron chi connectivity index (χ4n) is 1.65. The number of ether oxygens (including phenoxy) is 1. The van der Waals surface area contributed by atoms with Crippen LogP contribution < -0.4 is 5.32 Å². The summed E-state index contributed by atoms with van der Waals surface area (Å²) in [5.74, 6) is -0.444. The Bertz CT molecular complexity index is 279. The van der Waals surface area contributed by atoms with Crippen LogP contribution >= 0.6 is 0 Å². The Morgan fingerprint density at radius 3 is 2.18 bits per heavy atom. The molecule has 0 aromatic heterocycles. The molecule has 100 valence electrons. The van der Waals surface area contributed by atoms with Crippen LogP contribution in [-0.4, -0.2) is 29.3 Å². The van der Waals surface area contributed by atoms with Crippen LogP contribution in [0.4, 0.5) is 4.79 Å². The Morgan fingerprint density at radius 2 is 1.76 bits per heavy atom. The van der Waals surface area contributed by atoms with Crippen LogP contribution in [0.25, 0.3) is 0 Å². The molecule has 0 saturated heterocycles. The SMILES string of the molecule is CCCOC(=O)NC(=O)C(C)(C)CC(C)(C)O. The topological polar surface area (TPSA) is 75.6 Å². The van der Waals surface area contributed by atoms with Gasteiger partial charge in [-0.2, -0.15) is 0 Å². The second-order valence-electron chi connectivity index (χ2n) is 5.46. The number of carbonyl (C=O) groups is 2. The first-order valence-corrected chi connectivity index (χ1v) is 5.79. The summed E-state index contributed by atoms with van der Waals surface area (Å²) >= 11 is 0. The number of aliphatic hydroxyl groups is 1. The number of hydrogen-bond donors (Lipinski definition) is 2. The van der Waals surface area contributed by atoms with Gasteiger partial charge >= 0.3 is 6.09 Å². The van der Waals surface area contributed by atoms with Gasteiger partial charge in [-0.05, 0) is 26.7 Å². The minimum absolute atomic E-state index is 0.257. The highest BCUT2D eigenvalue weighted by Crippen LogP contribution is 2.27. The van der Waals surface area contributed by atoms with Crippen molar-refractivity contribution >= 4 is 12.0 Å². The van der Waals surface area contributed by atoms with Crippen molar-refractivity contribution in [1.82, 2.24) is 5.32 Å². The molecule has 0 fully saturated rings. The van der Waals surface area contributed by atoms with E-state index in [9.17, 15) is 14.7 Å². The van der Waals surface area contributed by atoms with Gasteiger partial charge < -0.3 is 9.84 Å². The fourth-order valence-corrected chi connectivity index (χ4v) is 1.65. The van der Waals surface area contributed by atoms with E-state index in [4.69, 9.17) is 4.74 Å². The Labute approximate surface area is 103 Å². The molecule has 0 spiro atoms. The molecule has 0 unspecified atom stereocenters. The number of alkyl carbamates (subject to hydrolysis) is 1. The maximum atomic E-state index is 11.8. The lowest BCUT2D eigenvalue weighted by Gasteiger charge is -2.29. The fraction of sp³-hybridized carbons (Fsp3) is 0.833. The molecule has 0 aromatic carbocycles. The number of imide groups is 1. The largest absolute Gasteiger partial charge is 0.449 e. The minimum Gasteiger partial charge on any atom is -0.449 e. The van der Waals surface area contributed by atoms with Crippen molar-refractivity contribution in [3.05, 3.63) is 0 Å². The first kappa shape index (κ1) is 15.9. The summed E-state index contributed by atoms with van der Waals surface area (Å²) in [6, 6.07) is 0. The number of carbonyl (C=O) groups excluding carboxylic acids is 2. The summed E-state index contributed by atoms with van der Waals surface area (Å²) in [5.41, 5.74) is -1.79. The summed E-state index contributed by atoms with van der Waals surface area (Å²) < 4.78 is 4.75. The third-order valence-corrected chi connectivity index (χ3v) is 2.14. The number of hydrogen-bond acceptors (Lipinski definition) is 4. The van der Waals surface area contributed by atoms with Gasteiger partial charge in [0.2, 0.25) is 5.91 Å². The molecule has 0 saturated carbocycles.